The molecule has 0 amide bonds. The Labute approximate surface area is 120 Å². The van der Waals surface area contributed by atoms with Crippen molar-refractivity contribution in [2.45, 2.75) is 16.9 Å². The van der Waals surface area contributed by atoms with Crippen molar-refractivity contribution in [3.8, 4) is 0 Å². The number of carboxylic acids is 1. The molecular formula is C11H12ClNO4S2. The first kappa shape index (κ1) is 14.6. The van der Waals surface area contributed by atoms with Crippen LogP contribution >= 0.6 is 23.4 Å². The van der Waals surface area contributed by atoms with Gasteiger partial charge in [-0.3, -0.25) is 4.79 Å². The van der Waals surface area contributed by atoms with Crippen molar-refractivity contribution in [3.63, 3.8) is 0 Å². The molecule has 104 valence electrons. The number of carbonyl (C=O) groups is 1. The number of benzene rings is 1. The Hall–Kier alpha value is -0.760. The Morgan fingerprint density at radius 2 is 2.11 bits per heavy atom. The zero-order chi connectivity index (χ0) is 14.1. The van der Waals surface area contributed by atoms with E-state index >= 15 is 0 Å². The van der Waals surface area contributed by atoms with Gasteiger partial charge in [-0.15, -0.1) is 0 Å². The summed E-state index contributed by atoms with van der Waals surface area (Å²) < 4.78 is 26.8. The van der Waals surface area contributed by atoms with E-state index in [1.165, 1.54) is 30.0 Å². The number of rotatable bonds is 4. The second-order valence-electron chi connectivity index (χ2n) is 4.23. The second-order valence-corrected chi connectivity index (χ2v) is 7.39. The summed E-state index contributed by atoms with van der Waals surface area (Å²) in [7, 11) is -3.95. The summed E-state index contributed by atoms with van der Waals surface area (Å²) in [5.74, 6) is -0.336. The van der Waals surface area contributed by atoms with Gasteiger partial charge in [-0.2, -0.15) is 16.5 Å². The molecule has 1 atom stereocenters. The summed E-state index contributed by atoms with van der Waals surface area (Å²) in [6.45, 7) is 0. The summed E-state index contributed by atoms with van der Waals surface area (Å²) in [5.41, 5.74) is -1.44. The highest BCUT2D eigenvalue weighted by atomic mass is 35.5. The largest absolute Gasteiger partial charge is 0.480 e. The minimum atomic E-state index is -3.95. The summed E-state index contributed by atoms with van der Waals surface area (Å²) in [6.07, 6.45) is 0.261. The molecule has 1 aromatic carbocycles. The molecule has 1 aliphatic rings. The molecular weight excluding hydrogens is 310 g/mol. The highest BCUT2D eigenvalue weighted by molar-refractivity contribution is 7.99. The van der Waals surface area contributed by atoms with Crippen LogP contribution in [-0.2, 0) is 14.8 Å². The number of hydrogen-bond donors (Lipinski definition) is 2. The minimum absolute atomic E-state index is 0.0705. The van der Waals surface area contributed by atoms with Crippen LogP contribution in [0.1, 0.15) is 6.42 Å². The molecule has 1 fully saturated rings. The first-order valence-corrected chi connectivity index (χ1v) is 8.49. The summed E-state index contributed by atoms with van der Waals surface area (Å²) in [6, 6.07) is 5.95. The van der Waals surface area contributed by atoms with E-state index in [9.17, 15) is 18.3 Å². The molecule has 1 unspecified atom stereocenters. The first-order valence-electron chi connectivity index (χ1n) is 5.47. The van der Waals surface area contributed by atoms with Gasteiger partial charge in [0.2, 0.25) is 10.0 Å². The molecule has 1 aromatic rings. The third kappa shape index (κ3) is 2.89. The summed E-state index contributed by atoms with van der Waals surface area (Å²) in [4.78, 5) is 11.2. The van der Waals surface area contributed by atoms with Crippen molar-refractivity contribution in [2.24, 2.45) is 0 Å². The Kier molecular flexibility index (Phi) is 4.10. The highest BCUT2D eigenvalue weighted by Crippen LogP contribution is 2.31. The van der Waals surface area contributed by atoms with Crippen LogP contribution in [-0.4, -0.2) is 36.5 Å². The molecule has 0 aromatic heterocycles. The van der Waals surface area contributed by atoms with Gasteiger partial charge < -0.3 is 5.11 Å². The molecule has 1 heterocycles. The van der Waals surface area contributed by atoms with E-state index in [-0.39, 0.29) is 22.1 Å². The third-order valence-electron chi connectivity index (χ3n) is 2.89. The molecule has 0 saturated carbocycles. The predicted molar refractivity (Wildman–Crippen MR) is 74.1 cm³/mol. The minimum Gasteiger partial charge on any atom is -0.480 e. The van der Waals surface area contributed by atoms with Crippen LogP contribution in [0.25, 0.3) is 0 Å². The van der Waals surface area contributed by atoms with Crippen LogP contribution < -0.4 is 4.72 Å². The molecule has 2 rings (SSSR count). The SMILES string of the molecule is O=C(O)C1(NS(=O)(=O)c2ccccc2Cl)CCSC1. The van der Waals surface area contributed by atoms with Crippen LogP contribution in [0.5, 0.6) is 0 Å². The number of thioether (sulfide) groups is 1. The van der Waals surface area contributed by atoms with Gasteiger partial charge >= 0.3 is 5.97 Å². The monoisotopic (exact) mass is 321 g/mol. The van der Waals surface area contributed by atoms with Crippen LogP contribution in [0, 0.1) is 0 Å². The third-order valence-corrected chi connectivity index (χ3v) is 6.11. The van der Waals surface area contributed by atoms with Crippen LogP contribution in [0.15, 0.2) is 29.2 Å². The van der Waals surface area contributed by atoms with Gasteiger partial charge in [-0.1, -0.05) is 23.7 Å². The smallest absolute Gasteiger partial charge is 0.325 e. The molecule has 2 N–H and O–H groups in total. The normalized spacial score (nSPS) is 23.4. The average molecular weight is 322 g/mol. The fourth-order valence-electron chi connectivity index (χ4n) is 1.83. The number of sulfonamides is 1. The zero-order valence-corrected chi connectivity index (χ0v) is 12.2. The fraction of sp³-hybridized carbons (Fsp3) is 0.364. The quantitative estimate of drug-likeness (QED) is 0.879. The Bertz CT molecular complexity index is 596. The van der Waals surface area contributed by atoms with E-state index in [1.54, 1.807) is 6.07 Å². The summed E-state index contributed by atoms with van der Waals surface area (Å²) >= 11 is 7.26. The number of aliphatic carboxylic acids is 1. The fourth-order valence-corrected chi connectivity index (χ4v) is 5.16. The van der Waals surface area contributed by atoms with Crippen molar-refractivity contribution < 1.29 is 18.3 Å². The lowest BCUT2D eigenvalue weighted by Gasteiger charge is -2.24. The van der Waals surface area contributed by atoms with Gasteiger partial charge in [0.1, 0.15) is 10.4 Å². The maximum absolute atomic E-state index is 12.3. The van der Waals surface area contributed by atoms with E-state index in [1.807, 2.05) is 0 Å². The molecule has 5 nitrogen and oxygen atoms in total. The van der Waals surface area contributed by atoms with Gasteiger partial charge in [0.25, 0.3) is 0 Å². The number of halogens is 1. The van der Waals surface area contributed by atoms with Gasteiger partial charge in [-0.25, -0.2) is 8.42 Å². The van der Waals surface area contributed by atoms with E-state index in [0.29, 0.717) is 5.75 Å². The van der Waals surface area contributed by atoms with Gasteiger partial charge in [0, 0.05) is 5.75 Å². The molecule has 0 bridgehead atoms. The zero-order valence-electron chi connectivity index (χ0n) is 9.80. The van der Waals surface area contributed by atoms with Crippen LogP contribution in [0.2, 0.25) is 5.02 Å². The molecule has 0 radical (unpaired) electrons. The number of nitrogens with one attached hydrogen (secondary N) is 1. The van der Waals surface area contributed by atoms with E-state index in [4.69, 9.17) is 11.6 Å². The first-order chi connectivity index (χ1) is 8.87. The van der Waals surface area contributed by atoms with Crippen molar-refractivity contribution in [3.05, 3.63) is 29.3 Å². The maximum atomic E-state index is 12.3. The molecule has 0 aliphatic carbocycles. The standard InChI is InChI=1S/C11H12ClNO4S2/c12-8-3-1-2-4-9(8)19(16,17)13-11(10(14)15)5-6-18-7-11/h1-4,13H,5-7H2,(H,14,15). The Morgan fingerprint density at radius 1 is 1.42 bits per heavy atom. The van der Waals surface area contributed by atoms with Gasteiger partial charge in [0.15, 0.2) is 0 Å². The summed E-state index contributed by atoms with van der Waals surface area (Å²) in [5, 5.41) is 9.34. The van der Waals surface area contributed by atoms with Gasteiger partial charge in [-0.05, 0) is 24.3 Å². The number of hydrogen-bond acceptors (Lipinski definition) is 4. The number of carboxylic acid groups (broad SMARTS) is 1. The lowest BCUT2D eigenvalue weighted by Crippen LogP contribution is -2.54. The highest BCUT2D eigenvalue weighted by Gasteiger charge is 2.45. The van der Waals surface area contributed by atoms with Crippen molar-refractivity contribution >= 4 is 39.4 Å². The predicted octanol–water partition coefficient (Wildman–Crippen LogP) is 1.58. The Morgan fingerprint density at radius 3 is 2.63 bits per heavy atom. The molecule has 0 spiro atoms. The van der Waals surface area contributed by atoms with Crippen LogP contribution in [0.4, 0.5) is 0 Å². The van der Waals surface area contributed by atoms with Gasteiger partial charge in [0.05, 0.1) is 5.02 Å². The van der Waals surface area contributed by atoms with E-state index in [2.05, 4.69) is 4.72 Å². The maximum Gasteiger partial charge on any atom is 0.325 e. The topological polar surface area (TPSA) is 83.5 Å². The average Bonchev–Trinajstić information content (AvgIpc) is 2.78. The van der Waals surface area contributed by atoms with Crippen molar-refractivity contribution in [1.82, 2.24) is 4.72 Å². The van der Waals surface area contributed by atoms with Crippen molar-refractivity contribution in [2.75, 3.05) is 11.5 Å². The lowest BCUT2D eigenvalue weighted by atomic mass is 10.0. The molecule has 19 heavy (non-hydrogen) atoms. The van der Waals surface area contributed by atoms with E-state index in [0.717, 1.165) is 0 Å². The Balaban J connectivity index is 2.36. The molecule has 1 aliphatic heterocycles. The molecule has 1 saturated heterocycles. The lowest BCUT2D eigenvalue weighted by molar-refractivity contribution is -0.142. The van der Waals surface area contributed by atoms with Crippen LogP contribution in [0.3, 0.4) is 0 Å². The second kappa shape index (κ2) is 5.32. The van der Waals surface area contributed by atoms with Crippen molar-refractivity contribution in [1.29, 1.82) is 0 Å². The molecule has 8 heteroatoms. The van der Waals surface area contributed by atoms with E-state index < -0.39 is 21.5 Å².